The first kappa shape index (κ1) is 12.4. The van der Waals surface area contributed by atoms with Crippen LogP contribution >= 0.6 is 0 Å². The Morgan fingerprint density at radius 2 is 1.70 bits per heavy atom. The van der Waals surface area contributed by atoms with Crippen molar-refractivity contribution in [1.82, 2.24) is 0 Å². The molecule has 0 atom stereocenters. The maximum atomic E-state index is 11.1. The first-order chi connectivity index (χ1) is 9.78. The van der Waals surface area contributed by atoms with E-state index in [0.29, 0.717) is 0 Å². The molecule has 98 valence electrons. The number of hydrogen-bond acceptors (Lipinski definition) is 2. The molecular weight excluding hydrogens is 248 g/mol. The third kappa shape index (κ3) is 2.28. The second-order valence-electron chi connectivity index (χ2n) is 4.65. The van der Waals surface area contributed by atoms with Crippen LogP contribution in [0.1, 0.15) is 5.56 Å². The third-order valence-electron chi connectivity index (χ3n) is 3.36. The summed E-state index contributed by atoms with van der Waals surface area (Å²) in [7, 11) is 0. The highest BCUT2D eigenvalue weighted by Gasteiger charge is 2.03. The van der Waals surface area contributed by atoms with Crippen molar-refractivity contribution >= 4 is 27.5 Å². The van der Waals surface area contributed by atoms with Gasteiger partial charge in [-0.2, -0.15) is 0 Å². The molecule has 0 aliphatic rings. The van der Waals surface area contributed by atoms with Crippen LogP contribution in [0.4, 0.5) is 0 Å². The highest BCUT2D eigenvalue weighted by molar-refractivity contribution is 6.07. The second kappa shape index (κ2) is 5.17. The molecule has 0 bridgehead atoms. The molecule has 0 aromatic heterocycles. The zero-order chi connectivity index (χ0) is 13.9. The van der Waals surface area contributed by atoms with Crippen molar-refractivity contribution in [1.29, 1.82) is 0 Å². The summed E-state index contributed by atoms with van der Waals surface area (Å²) in [4.78, 5) is 11.1. The van der Waals surface area contributed by atoms with Gasteiger partial charge < -0.3 is 4.74 Å². The van der Waals surface area contributed by atoms with E-state index in [-0.39, 0.29) is 6.61 Å². The number of ether oxygens (including phenoxy) is 1. The zero-order valence-electron chi connectivity index (χ0n) is 11.0. The van der Waals surface area contributed by atoms with Gasteiger partial charge in [0.25, 0.3) is 0 Å². The van der Waals surface area contributed by atoms with Gasteiger partial charge in [-0.25, -0.2) is 4.79 Å². The van der Waals surface area contributed by atoms with E-state index >= 15 is 0 Å². The molecule has 0 aliphatic heterocycles. The Bertz CT molecular complexity index is 803. The number of carbonyl (C=O) groups is 1. The van der Waals surface area contributed by atoms with E-state index in [0.717, 1.165) is 5.56 Å². The first-order valence-corrected chi connectivity index (χ1v) is 6.47. The summed E-state index contributed by atoms with van der Waals surface area (Å²) < 4.78 is 5.08. The molecule has 2 heteroatoms. The molecule has 20 heavy (non-hydrogen) atoms. The lowest BCUT2D eigenvalue weighted by molar-refractivity contribution is -0.138. The van der Waals surface area contributed by atoms with E-state index in [2.05, 4.69) is 43.0 Å². The Hall–Kier alpha value is -2.61. The molecule has 0 saturated heterocycles. The molecule has 0 N–H and O–H groups in total. The molecule has 3 rings (SSSR count). The van der Waals surface area contributed by atoms with Crippen LogP contribution in [0.25, 0.3) is 21.5 Å². The molecule has 0 unspecified atom stereocenters. The number of esters is 1. The van der Waals surface area contributed by atoms with Crippen LogP contribution in [0.3, 0.4) is 0 Å². The van der Waals surface area contributed by atoms with Gasteiger partial charge in [0.1, 0.15) is 6.61 Å². The molecule has 3 aromatic carbocycles. The van der Waals surface area contributed by atoms with Gasteiger partial charge in [-0.1, -0.05) is 55.1 Å². The Morgan fingerprint density at radius 3 is 2.50 bits per heavy atom. The maximum Gasteiger partial charge on any atom is 0.330 e. The smallest absolute Gasteiger partial charge is 0.330 e. The fourth-order valence-electron chi connectivity index (χ4n) is 2.35. The van der Waals surface area contributed by atoms with Gasteiger partial charge in [-0.05, 0) is 33.2 Å². The predicted molar refractivity (Wildman–Crippen MR) is 81.4 cm³/mol. The van der Waals surface area contributed by atoms with E-state index in [4.69, 9.17) is 4.74 Å². The highest BCUT2D eigenvalue weighted by atomic mass is 16.5. The standard InChI is InChI=1S/C18H14O2/c1-2-18(19)20-12-13-7-8-15-10-9-14-5-3-4-6-16(14)17(15)11-13/h2-11H,1,12H2. The molecule has 0 fully saturated rings. The fourth-order valence-corrected chi connectivity index (χ4v) is 2.35. The number of benzene rings is 3. The molecule has 2 nitrogen and oxygen atoms in total. The van der Waals surface area contributed by atoms with Gasteiger partial charge in [-0.15, -0.1) is 0 Å². The van der Waals surface area contributed by atoms with Crippen LogP contribution in [0.5, 0.6) is 0 Å². The molecule has 0 saturated carbocycles. The van der Waals surface area contributed by atoms with Crippen molar-refractivity contribution in [3.63, 3.8) is 0 Å². The van der Waals surface area contributed by atoms with Gasteiger partial charge in [-0.3, -0.25) is 0 Å². The van der Waals surface area contributed by atoms with Crippen LogP contribution < -0.4 is 0 Å². The van der Waals surface area contributed by atoms with Crippen LogP contribution in [-0.2, 0) is 16.1 Å². The molecule has 0 amide bonds. The van der Waals surface area contributed by atoms with Crippen LogP contribution in [0.2, 0.25) is 0 Å². The Balaban J connectivity index is 2.06. The summed E-state index contributed by atoms with van der Waals surface area (Å²) in [5.41, 5.74) is 0.976. The van der Waals surface area contributed by atoms with Crippen molar-refractivity contribution in [3.05, 3.63) is 72.8 Å². The maximum absolute atomic E-state index is 11.1. The van der Waals surface area contributed by atoms with Crippen molar-refractivity contribution in [3.8, 4) is 0 Å². The van der Waals surface area contributed by atoms with E-state index in [1.807, 2.05) is 18.2 Å². The number of hydrogen-bond donors (Lipinski definition) is 0. The zero-order valence-corrected chi connectivity index (χ0v) is 11.0. The van der Waals surface area contributed by atoms with E-state index in [9.17, 15) is 4.79 Å². The minimum absolute atomic E-state index is 0.268. The van der Waals surface area contributed by atoms with E-state index in [1.54, 1.807) is 0 Å². The average molecular weight is 262 g/mol. The Kier molecular flexibility index (Phi) is 3.21. The number of rotatable bonds is 3. The Labute approximate surface area is 117 Å². The minimum atomic E-state index is -0.400. The predicted octanol–water partition coefficient (Wildman–Crippen LogP) is 4.22. The summed E-state index contributed by atoms with van der Waals surface area (Å²) in [6.45, 7) is 3.66. The lowest BCUT2D eigenvalue weighted by Crippen LogP contribution is -2.00. The van der Waals surface area contributed by atoms with E-state index in [1.165, 1.54) is 27.6 Å². The molecule has 0 heterocycles. The third-order valence-corrected chi connectivity index (χ3v) is 3.36. The molecule has 0 radical (unpaired) electrons. The highest BCUT2D eigenvalue weighted by Crippen LogP contribution is 2.26. The molecule has 0 spiro atoms. The quantitative estimate of drug-likeness (QED) is 0.401. The van der Waals surface area contributed by atoms with Gasteiger partial charge in [0.15, 0.2) is 0 Å². The number of carbonyl (C=O) groups excluding carboxylic acids is 1. The summed E-state index contributed by atoms with van der Waals surface area (Å²) >= 11 is 0. The monoisotopic (exact) mass is 262 g/mol. The summed E-state index contributed by atoms with van der Waals surface area (Å²) in [5, 5.41) is 4.78. The van der Waals surface area contributed by atoms with Crippen molar-refractivity contribution in [2.75, 3.05) is 0 Å². The van der Waals surface area contributed by atoms with Gasteiger partial charge in [0.05, 0.1) is 0 Å². The fraction of sp³-hybridized carbons (Fsp3) is 0.0556. The van der Waals surface area contributed by atoms with Gasteiger partial charge in [0, 0.05) is 6.08 Å². The summed E-state index contributed by atoms with van der Waals surface area (Å²) in [5.74, 6) is -0.400. The minimum Gasteiger partial charge on any atom is -0.458 e. The van der Waals surface area contributed by atoms with Crippen molar-refractivity contribution in [2.45, 2.75) is 6.61 Å². The summed E-state index contributed by atoms with van der Waals surface area (Å²) in [6.07, 6.45) is 1.18. The van der Waals surface area contributed by atoms with Crippen LogP contribution in [0.15, 0.2) is 67.3 Å². The second-order valence-corrected chi connectivity index (χ2v) is 4.65. The van der Waals surface area contributed by atoms with Crippen LogP contribution in [0, 0.1) is 0 Å². The Morgan fingerprint density at radius 1 is 1.00 bits per heavy atom. The molecule has 3 aromatic rings. The largest absolute Gasteiger partial charge is 0.458 e. The lowest BCUT2D eigenvalue weighted by atomic mass is 10.0. The van der Waals surface area contributed by atoms with Gasteiger partial charge in [0.2, 0.25) is 0 Å². The average Bonchev–Trinajstić information content (AvgIpc) is 2.52. The molecular formula is C18H14O2. The van der Waals surface area contributed by atoms with E-state index < -0.39 is 5.97 Å². The van der Waals surface area contributed by atoms with Crippen LogP contribution in [-0.4, -0.2) is 5.97 Å². The SMILES string of the molecule is C=CC(=O)OCc1ccc2ccc3ccccc3c2c1. The normalized spacial score (nSPS) is 10.6. The van der Waals surface area contributed by atoms with Gasteiger partial charge >= 0.3 is 5.97 Å². The summed E-state index contributed by atoms with van der Waals surface area (Å²) in [6, 6.07) is 18.6. The van der Waals surface area contributed by atoms with Crippen molar-refractivity contribution in [2.24, 2.45) is 0 Å². The van der Waals surface area contributed by atoms with Crippen molar-refractivity contribution < 1.29 is 9.53 Å². The molecule has 0 aliphatic carbocycles. The topological polar surface area (TPSA) is 26.3 Å². The first-order valence-electron chi connectivity index (χ1n) is 6.47. The number of fused-ring (bicyclic) bond motifs is 3. The lowest BCUT2D eigenvalue weighted by Gasteiger charge is -2.07.